The number of methoxy groups -OCH3 is 1. The Hall–Kier alpha value is -2.17. The van der Waals surface area contributed by atoms with Crippen molar-refractivity contribution in [3.63, 3.8) is 0 Å². The van der Waals surface area contributed by atoms with E-state index in [1.54, 1.807) is 6.92 Å². The third-order valence-corrected chi connectivity index (χ3v) is 3.96. The van der Waals surface area contributed by atoms with Crippen LogP contribution in [0.1, 0.15) is 18.1 Å². The zero-order chi connectivity index (χ0) is 16.7. The molecular weight excluding hydrogens is 312 g/mol. The minimum Gasteiger partial charge on any atom is -0.380 e. The molecule has 2 aromatic carbocycles. The highest BCUT2D eigenvalue weighted by atomic mass is 35.5. The number of carbonyl (C=O) groups is 1. The zero-order valence-corrected chi connectivity index (χ0v) is 13.8. The van der Waals surface area contributed by atoms with Crippen LogP contribution in [-0.4, -0.2) is 30.2 Å². The molecule has 2 aromatic rings. The Bertz CT molecular complexity index is 618. The van der Waals surface area contributed by atoms with Crippen molar-refractivity contribution < 1.29 is 9.53 Å². The Kier molecular flexibility index (Phi) is 6.32. The van der Waals surface area contributed by atoms with Gasteiger partial charge in [0, 0.05) is 18.2 Å². The number of alkyl halides is 1. The smallest absolute Gasteiger partial charge is 0.260 e. The van der Waals surface area contributed by atoms with Crippen molar-refractivity contribution in [2.75, 3.05) is 7.11 Å². The molecule has 4 nitrogen and oxygen atoms in total. The molecule has 0 saturated carbocycles. The Labute approximate surface area is 141 Å². The van der Waals surface area contributed by atoms with Crippen LogP contribution in [0.4, 0.5) is 0 Å². The molecule has 0 aliphatic rings. The van der Waals surface area contributed by atoms with E-state index in [1.807, 2.05) is 60.7 Å². The largest absolute Gasteiger partial charge is 0.380 e. The number of nitrogens with zero attached hydrogens (tertiary/aromatic N) is 1. The van der Waals surface area contributed by atoms with Gasteiger partial charge in [-0.2, -0.15) is 5.10 Å². The fourth-order valence-corrected chi connectivity index (χ4v) is 2.14. The molecule has 23 heavy (non-hydrogen) atoms. The van der Waals surface area contributed by atoms with Gasteiger partial charge in [-0.3, -0.25) is 4.79 Å². The minimum atomic E-state index is -0.809. The number of hydrazone groups is 1. The highest BCUT2D eigenvalue weighted by Crippen LogP contribution is 2.11. The monoisotopic (exact) mass is 330 g/mol. The van der Waals surface area contributed by atoms with E-state index in [1.165, 1.54) is 7.11 Å². The minimum absolute atomic E-state index is 0.398. The molecule has 0 heterocycles. The molecule has 2 atom stereocenters. The second kappa shape index (κ2) is 8.46. The molecule has 0 saturated heterocycles. The Morgan fingerprint density at radius 3 is 1.96 bits per heavy atom. The number of hydrogen-bond acceptors (Lipinski definition) is 3. The molecule has 0 bridgehead atoms. The summed E-state index contributed by atoms with van der Waals surface area (Å²) in [4.78, 5) is 12.1. The first-order chi connectivity index (χ1) is 11.1. The number of amides is 1. The van der Waals surface area contributed by atoms with Gasteiger partial charge < -0.3 is 4.74 Å². The summed E-state index contributed by atoms with van der Waals surface area (Å²) in [6.07, 6.45) is -0.399. The van der Waals surface area contributed by atoms with Crippen LogP contribution in [0.15, 0.2) is 65.8 Å². The lowest BCUT2D eigenvalue weighted by Crippen LogP contribution is -2.36. The number of ether oxygens (including phenoxy) is 1. The summed E-state index contributed by atoms with van der Waals surface area (Å²) in [5, 5.41) is 3.47. The number of nitrogens with one attached hydrogen (secondary N) is 1. The van der Waals surface area contributed by atoms with E-state index >= 15 is 0 Å². The van der Waals surface area contributed by atoms with Gasteiger partial charge in [-0.1, -0.05) is 60.7 Å². The van der Waals surface area contributed by atoms with Crippen molar-refractivity contribution in [3.8, 4) is 0 Å². The molecular formula is C18H19ClN2O2. The topological polar surface area (TPSA) is 50.7 Å². The van der Waals surface area contributed by atoms with Gasteiger partial charge in [0.25, 0.3) is 5.91 Å². The lowest BCUT2D eigenvalue weighted by atomic mass is 10.0. The first-order valence-corrected chi connectivity index (χ1v) is 7.72. The Balaban J connectivity index is 2.26. The lowest BCUT2D eigenvalue weighted by molar-refractivity contribution is -0.122. The maximum Gasteiger partial charge on any atom is 0.260 e. The van der Waals surface area contributed by atoms with Crippen LogP contribution in [0.25, 0.3) is 0 Å². The summed E-state index contributed by atoms with van der Waals surface area (Å²) in [5.74, 6) is -0.398. The molecule has 0 spiro atoms. The molecule has 0 aliphatic heterocycles. The van der Waals surface area contributed by atoms with Crippen molar-refractivity contribution in [2.45, 2.75) is 18.4 Å². The molecule has 0 aliphatic carbocycles. The van der Waals surface area contributed by atoms with Gasteiger partial charge in [0.15, 0.2) is 0 Å². The van der Waals surface area contributed by atoms with E-state index in [0.717, 1.165) is 11.1 Å². The molecule has 1 N–H and O–H groups in total. The van der Waals surface area contributed by atoms with Gasteiger partial charge in [-0.05, 0) is 6.92 Å². The third-order valence-electron chi connectivity index (χ3n) is 3.41. The van der Waals surface area contributed by atoms with E-state index in [4.69, 9.17) is 16.3 Å². The first kappa shape index (κ1) is 17.2. The van der Waals surface area contributed by atoms with Crippen LogP contribution in [0, 0.1) is 0 Å². The number of halogens is 1. The van der Waals surface area contributed by atoms with E-state index < -0.39 is 17.4 Å². The molecule has 120 valence electrons. The number of hydrogen-bond donors (Lipinski definition) is 1. The van der Waals surface area contributed by atoms with Crippen molar-refractivity contribution >= 4 is 23.2 Å². The first-order valence-electron chi connectivity index (χ1n) is 7.28. The molecule has 2 unspecified atom stereocenters. The lowest BCUT2D eigenvalue weighted by Gasteiger charge is -2.15. The van der Waals surface area contributed by atoms with Gasteiger partial charge in [-0.25, -0.2) is 5.43 Å². The van der Waals surface area contributed by atoms with Gasteiger partial charge in [0.05, 0.1) is 11.8 Å². The zero-order valence-electron chi connectivity index (χ0n) is 13.1. The Morgan fingerprint density at radius 2 is 1.52 bits per heavy atom. The normalized spacial score (nSPS) is 13.0. The molecule has 2 rings (SSSR count). The average molecular weight is 331 g/mol. The van der Waals surface area contributed by atoms with E-state index in [0.29, 0.717) is 5.71 Å². The average Bonchev–Trinajstić information content (AvgIpc) is 2.62. The van der Waals surface area contributed by atoms with Crippen LogP contribution >= 0.6 is 11.6 Å². The number of rotatable bonds is 6. The molecule has 5 heteroatoms. The van der Waals surface area contributed by atoms with Gasteiger partial charge in [0.2, 0.25) is 0 Å². The fraction of sp³-hybridized carbons (Fsp3) is 0.222. The van der Waals surface area contributed by atoms with E-state index in [9.17, 15) is 4.79 Å². The summed E-state index contributed by atoms with van der Waals surface area (Å²) in [6.45, 7) is 1.73. The summed E-state index contributed by atoms with van der Waals surface area (Å²) in [6, 6.07) is 19.3. The highest BCUT2D eigenvalue weighted by Gasteiger charge is 2.22. The quantitative estimate of drug-likeness (QED) is 0.502. The maximum atomic E-state index is 12.1. The van der Waals surface area contributed by atoms with Crippen LogP contribution in [-0.2, 0) is 9.53 Å². The van der Waals surface area contributed by atoms with E-state index in [-0.39, 0.29) is 0 Å². The molecule has 0 aromatic heterocycles. The van der Waals surface area contributed by atoms with Crippen molar-refractivity contribution in [3.05, 3.63) is 71.8 Å². The fourth-order valence-electron chi connectivity index (χ4n) is 1.99. The highest BCUT2D eigenvalue weighted by molar-refractivity contribution is 6.31. The second-order valence-corrected chi connectivity index (χ2v) is 5.48. The van der Waals surface area contributed by atoms with Crippen molar-refractivity contribution in [1.29, 1.82) is 0 Å². The van der Waals surface area contributed by atoms with Crippen LogP contribution in [0.3, 0.4) is 0 Å². The summed E-state index contributed by atoms with van der Waals surface area (Å²) in [5.41, 5.74) is 5.02. The van der Waals surface area contributed by atoms with E-state index in [2.05, 4.69) is 10.5 Å². The van der Waals surface area contributed by atoms with Gasteiger partial charge in [-0.15, -0.1) is 11.6 Å². The van der Waals surface area contributed by atoms with Gasteiger partial charge >= 0.3 is 0 Å². The van der Waals surface area contributed by atoms with Crippen LogP contribution < -0.4 is 5.43 Å². The molecule has 1 amide bonds. The van der Waals surface area contributed by atoms with Crippen molar-refractivity contribution in [1.82, 2.24) is 5.43 Å². The van der Waals surface area contributed by atoms with Gasteiger partial charge in [0.1, 0.15) is 5.38 Å². The second-order valence-electron chi connectivity index (χ2n) is 5.01. The molecule has 0 fully saturated rings. The number of benzene rings is 2. The third kappa shape index (κ3) is 4.65. The summed E-state index contributed by atoms with van der Waals surface area (Å²) in [7, 11) is 1.51. The SMILES string of the molecule is COC(C)C(Cl)C(=O)NN=C(c1ccccc1)c1ccccc1. The maximum absolute atomic E-state index is 12.1. The molecule has 0 radical (unpaired) electrons. The predicted molar refractivity (Wildman–Crippen MR) is 92.8 cm³/mol. The van der Waals surface area contributed by atoms with Crippen LogP contribution in [0.2, 0.25) is 0 Å². The standard InChI is InChI=1S/C18H19ClN2O2/c1-13(23-2)16(19)18(22)21-20-17(14-9-5-3-6-10-14)15-11-7-4-8-12-15/h3-13,16H,1-2H3,(H,21,22). The van der Waals surface area contributed by atoms with Crippen molar-refractivity contribution in [2.24, 2.45) is 5.10 Å². The summed E-state index contributed by atoms with van der Waals surface area (Å²) >= 11 is 6.05. The Morgan fingerprint density at radius 1 is 1.04 bits per heavy atom. The predicted octanol–water partition coefficient (Wildman–Crippen LogP) is 3.20. The van der Waals surface area contributed by atoms with Crippen LogP contribution in [0.5, 0.6) is 0 Å². The summed E-state index contributed by atoms with van der Waals surface area (Å²) < 4.78 is 5.07. The number of carbonyl (C=O) groups excluding carboxylic acids is 1.